The number of carbonyl (C=O) groups excluding carboxylic acids is 1. The van der Waals surface area contributed by atoms with E-state index >= 15 is 0 Å². The van der Waals surface area contributed by atoms with Gasteiger partial charge in [0.05, 0.1) is 16.6 Å². The first-order valence-corrected chi connectivity index (χ1v) is 10.4. The molecule has 31 heavy (non-hydrogen) atoms. The van der Waals surface area contributed by atoms with E-state index in [1.54, 1.807) is 48.5 Å². The molecular weight excluding hydrogens is 420 g/mol. The monoisotopic (exact) mass is 440 g/mol. The number of rotatable bonds is 5. The highest BCUT2D eigenvalue weighted by Gasteiger charge is 2.29. The van der Waals surface area contributed by atoms with Crippen molar-refractivity contribution in [2.45, 2.75) is 31.6 Å². The van der Waals surface area contributed by atoms with Gasteiger partial charge in [-0.3, -0.25) is 4.79 Å². The molecule has 0 aliphatic heterocycles. The Kier molecular flexibility index (Phi) is 6.18. The van der Waals surface area contributed by atoms with Gasteiger partial charge in [0, 0.05) is 17.2 Å². The second-order valence-electron chi connectivity index (χ2n) is 7.48. The van der Waals surface area contributed by atoms with Crippen LogP contribution in [0.5, 0.6) is 0 Å². The number of urea groups is 1. The first kappa shape index (κ1) is 20.9. The maximum atomic E-state index is 12.2. The van der Waals surface area contributed by atoms with E-state index in [-0.39, 0.29) is 11.8 Å². The van der Waals surface area contributed by atoms with Crippen LogP contribution in [0.15, 0.2) is 53.1 Å². The van der Waals surface area contributed by atoms with Crippen molar-refractivity contribution in [1.82, 2.24) is 10.1 Å². The zero-order chi connectivity index (χ0) is 21.8. The van der Waals surface area contributed by atoms with Gasteiger partial charge in [-0.05, 0) is 62.1 Å². The van der Waals surface area contributed by atoms with Gasteiger partial charge in [0.1, 0.15) is 0 Å². The number of benzene rings is 2. The van der Waals surface area contributed by atoms with Gasteiger partial charge in [0.2, 0.25) is 11.7 Å². The zero-order valence-electron chi connectivity index (χ0n) is 16.5. The molecule has 0 spiro atoms. The minimum atomic E-state index is -0.737. The molecule has 1 aliphatic carbocycles. The molecule has 1 heterocycles. The predicted molar refractivity (Wildman–Crippen MR) is 116 cm³/mol. The molecule has 8 nitrogen and oxygen atoms in total. The normalized spacial score (nSPS) is 18.4. The molecule has 9 heteroatoms. The summed E-state index contributed by atoms with van der Waals surface area (Å²) in [6.07, 6.45) is 2.69. The number of hydrogen-bond donors (Lipinski definition) is 3. The molecular formula is C22H21ClN4O4. The van der Waals surface area contributed by atoms with Gasteiger partial charge in [-0.15, -0.1) is 0 Å². The highest BCUT2D eigenvalue weighted by atomic mass is 35.5. The third-order valence-electron chi connectivity index (χ3n) is 5.39. The fourth-order valence-electron chi connectivity index (χ4n) is 3.66. The first-order chi connectivity index (χ1) is 15.0. The number of carboxylic acids is 1. The third kappa shape index (κ3) is 5.03. The SMILES string of the molecule is O=C(Nc1ccc(-c2noc([C@H]3CC[C@H](C(=O)O)CC3)n2)cc1)Nc1ccccc1Cl. The van der Waals surface area contributed by atoms with Crippen molar-refractivity contribution in [2.24, 2.45) is 5.92 Å². The number of anilines is 2. The van der Waals surface area contributed by atoms with E-state index in [9.17, 15) is 9.59 Å². The molecule has 0 bridgehead atoms. The Labute approximate surface area is 183 Å². The van der Waals surface area contributed by atoms with Crippen LogP contribution in [0.2, 0.25) is 5.02 Å². The summed E-state index contributed by atoms with van der Waals surface area (Å²) in [5.74, 6) is 0.0709. The van der Waals surface area contributed by atoms with Crippen LogP contribution in [0.4, 0.5) is 16.2 Å². The Morgan fingerprint density at radius 2 is 1.71 bits per heavy atom. The topological polar surface area (TPSA) is 117 Å². The van der Waals surface area contributed by atoms with E-state index in [0.29, 0.717) is 41.0 Å². The van der Waals surface area contributed by atoms with Crippen molar-refractivity contribution in [2.75, 3.05) is 10.6 Å². The molecule has 1 fully saturated rings. The van der Waals surface area contributed by atoms with Crippen LogP contribution in [0, 0.1) is 5.92 Å². The highest BCUT2D eigenvalue weighted by molar-refractivity contribution is 6.33. The van der Waals surface area contributed by atoms with Crippen LogP contribution >= 0.6 is 11.6 Å². The molecule has 0 radical (unpaired) electrons. The maximum Gasteiger partial charge on any atom is 0.323 e. The van der Waals surface area contributed by atoms with Crippen molar-refractivity contribution in [3.05, 3.63) is 59.4 Å². The van der Waals surface area contributed by atoms with Gasteiger partial charge in [-0.1, -0.05) is 28.9 Å². The lowest BCUT2D eigenvalue weighted by atomic mass is 9.82. The van der Waals surface area contributed by atoms with E-state index in [1.165, 1.54) is 0 Å². The minimum absolute atomic E-state index is 0.0892. The molecule has 160 valence electrons. The number of carbonyl (C=O) groups is 2. The van der Waals surface area contributed by atoms with Crippen molar-refractivity contribution >= 4 is 35.0 Å². The molecule has 1 saturated carbocycles. The lowest BCUT2D eigenvalue weighted by molar-refractivity contribution is -0.142. The van der Waals surface area contributed by atoms with E-state index in [2.05, 4.69) is 20.8 Å². The van der Waals surface area contributed by atoms with Gasteiger partial charge >= 0.3 is 12.0 Å². The van der Waals surface area contributed by atoms with Crippen LogP contribution in [0.3, 0.4) is 0 Å². The Morgan fingerprint density at radius 3 is 2.39 bits per heavy atom. The standard InChI is InChI=1S/C22H21ClN4O4/c23-17-3-1-2-4-18(17)25-22(30)24-16-11-9-13(10-12-16)19-26-20(31-27-19)14-5-7-15(8-6-14)21(28)29/h1-4,9-12,14-15H,5-8H2,(H,28,29)(H2,24,25,30)/t14-,15-. The molecule has 3 aromatic rings. The fraction of sp³-hybridized carbons (Fsp3) is 0.273. The summed E-state index contributed by atoms with van der Waals surface area (Å²) in [7, 11) is 0. The summed E-state index contributed by atoms with van der Waals surface area (Å²) in [6.45, 7) is 0. The van der Waals surface area contributed by atoms with Crippen LogP contribution in [-0.4, -0.2) is 27.2 Å². The summed E-state index contributed by atoms with van der Waals surface area (Å²) < 4.78 is 5.43. The van der Waals surface area contributed by atoms with Crippen LogP contribution in [0.25, 0.3) is 11.4 Å². The number of para-hydroxylation sites is 1. The maximum absolute atomic E-state index is 12.2. The Balaban J connectivity index is 1.36. The van der Waals surface area contributed by atoms with Crippen molar-refractivity contribution in [3.8, 4) is 11.4 Å². The lowest BCUT2D eigenvalue weighted by Gasteiger charge is -2.23. The quantitative estimate of drug-likeness (QED) is 0.489. The molecule has 2 aromatic carbocycles. The number of carboxylic acid groups (broad SMARTS) is 1. The Bertz CT molecular complexity index is 1080. The Morgan fingerprint density at radius 1 is 1.00 bits per heavy atom. The first-order valence-electron chi connectivity index (χ1n) is 9.99. The number of aromatic nitrogens is 2. The van der Waals surface area contributed by atoms with Crippen LogP contribution < -0.4 is 10.6 Å². The molecule has 3 N–H and O–H groups in total. The minimum Gasteiger partial charge on any atom is -0.481 e. The Hall–Kier alpha value is -3.39. The summed E-state index contributed by atoms with van der Waals surface area (Å²) in [5, 5.41) is 19.1. The molecule has 4 rings (SSSR count). The zero-order valence-corrected chi connectivity index (χ0v) is 17.3. The van der Waals surface area contributed by atoms with Crippen molar-refractivity contribution in [1.29, 1.82) is 0 Å². The largest absolute Gasteiger partial charge is 0.481 e. The number of nitrogens with zero attached hydrogens (tertiary/aromatic N) is 2. The van der Waals surface area contributed by atoms with Gasteiger partial charge in [0.15, 0.2) is 0 Å². The smallest absolute Gasteiger partial charge is 0.323 e. The number of aliphatic carboxylic acids is 1. The lowest BCUT2D eigenvalue weighted by Crippen LogP contribution is -2.20. The second-order valence-corrected chi connectivity index (χ2v) is 7.89. The summed E-state index contributed by atoms with van der Waals surface area (Å²) >= 11 is 6.05. The van der Waals surface area contributed by atoms with Gasteiger partial charge in [-0.2, -0.15) is 4.98 Å². The van der Waals surface area contributed by atoms with Gasteiger partial charge in [-0.25, -0.2) is 4.79 Å². The average molecular weight is 441 g/mol. The van der Waals surface area contributed by atoms with E-state index in [4.69, 9.17) is 21.2 Å². The molecule has 1 aliphatic rings. The van der Waals surface area contributed by atoms with Crippen molar-refractivity contribution in [3.63, 3.8) is 0 Å². The molecule has 1 aromatic heterocycles. The van der Waals surface area contributed by atoms with Gasteiger partial charge < -0.3 is 20.3 Å². The molecule has 0 saturated heterocycles. The number of nitrogens with one attached hydrogen (secondary N) is 2. The van der Waals surface area contributed by atoms with E-state index in [0.717, 1.165) is 18.4 Å². The predicted octanol–water partition coefficient (Wildman–Crippen LogP) is 5.39. The summed E-state index contributed by atoms with van der Waals surface area (Å²) in [4.78, 5) is 27.8. The molecule has 0 atom stereocenters. The van der Waals surface area contributed by atoms with Gasteiger partial charge in [0.25, 0.3) is 0 Å². The van der Waals surface area contributed by atoms with E-state index < -0.39 is 12.0 Å². The third-order valence-corrected chi connectivity index (χ3v) is 5.72. The van der Waals surface area contributed by atoms with Crippen LogP contribution in [0.1, 0.15) is 37.5 Å². The summed E-state index contributed by atoms with van der Waals surface area (Å²) in [5.41, 5.74) is 1.88. The van der Waals surface area contributed by atoms with Crippen molar-refractivity contribution < 1.29 is 19.2 Å². The second kappa shape index (κ2) is 9.18. The fourth-order valence-corrected chi connectivity index (χ4v) is 3.84. The average Bonchev–Trinajstić information content (AvgIpc) is 3.26. The van der Waals surface area contributed by atoms with E-state index in [1.807, 2.05) is 0 Å². The summed E-state index contributed by atoms with van der Waals surface area (Å²) in [6, 6.07) is 13.7. The van der Waals surface area contributed by atoms with Crippen LogP contribution in [-0.2, 0) is 4.79 Å². The molecule has 0 unspecified atom stereocenters. The number of hydrogen-bond acceptors (Lipinski definition) is 5. The number of amides is 2. The number of halogens is 1. The molecule has 2 amide bonds. The highest BCUT2D eigenvalue weighted by Crippen LogP contribution is 2.35.